The fourth-order valence-corrected chi connectivity index (χ4v) is 3.16. The van der Waals surface area contributed by atoms with Crippen molar-refractivity contribution in [2.75, 3.05) is 25.9 Å². The molecule has 2 atom stereocenters. The fourth-order valence-electron chi connectivity index (χ4n) is 2.93. The minimum atomic E-state index is 0.377. The van der Waals surface area contributed by atoms with Gasteiger partial charge in [-0.3, -0.25) is 4.90 Å². The van der Waals surface area contributed by atoms with Gasteiger partial charge in [0.05, 0.1) is 0 Å². The molecule has 0 amide bonds. The molecule has 0 aromatic rings. The Morgan fingerprint density at radius 1 is 1.25 bits per heavy atom. The van der Waals surface area contributed by atoms with E-state index >= 15 is 0 Å². The zero-order valence-corrected chi connectivity index (χ0v) is 11.8. The minimum absolute atomic E-state index is 0.377. The summed E-state index contributed by atoms with van der Waals surface area (Å²) in [6.07, 6.45) is 7.83. The van der Waals surface area contributed by atoms with E-state index in [0.717, 1.165) is 18.6 Å². The van der Waals surface area contributed by atoms with Crippen LogP contribution in [0.25, 0.3) is 0 Å². The van der Waals surface area contributed by atoms with E-state index in [1.54, 1.807) is 0 Å². The van der Waals surface area contributed by atoms with Gasteiger partial charge in [-0.2, -0.15) is 11.8 Å². The first-order valence-corrected chi connectivity index (χ1v) is 7.87. The standard InChI is InChI=1S/C13H26N2S/c1-13(2,16-3)10-14-11-7-9-15-8-5-4-6-12(11)15/h11-12,14H,4-10H2,1-3H3. The molecular weight excluding hydrogens is 216 g/mol. The zero-order chi connectivity index (χ0) is 11.6. The van der Waals surface area contributed by atoms with Crippen LogP contribution < -0.4 is 5.32 Å². The van der Waals surface area contributed by atoms with Crippen LogP contribution in [0.5, 0.6) is 0 Å². The lowest BCUT2D eigenvalue weighted by molar-refractivity contribution is 0.180. The van der Waals surface area contributed by atoms with Crippen molar-refractivity contribution in [2.24, 2.45) is 0 Å². The Morgan fingerprint density at radius 2 is 2.06 bits per heavy atom. The second kappa shape index (κ2) is 5.28. The number of piperidine rings is 1. The van der Waals surface area contributed by atoms with Gasteiger partial charge < -0.3 is 5.32 Å². The largest absolute Gasteiger partial charge is 0.311 e. The lowest BCUT2D eigenvalue weighted by Crippen LogP contribution is -2.47. The third kappa shape index (κ3) is 2.93. The van der Waals surface area contributed by atoms with Crippen LogP contribution in [0.3, 0.4) is 0 Å². The lowest BCUT2D eigenvalue weighted by Gasteiger charge is -2.34. The summed E-state index contributed by atoms with van der Waals surface area (Å²) in [5.41, 5.74) is 0. The number of rotatable bonds is 4. The van der Waals surface area contributed by atoms with Crippen LogP contribution in [-0.4, -0.2) is 47.6 Å². The molecule has 16 heavy (non-hydrogen) atoms. The Hall–Kier alpha value is 0.270. The molecule has 0 aliphatic carbocycles. The van der Waals surface area contributed by atoms with Crippen molar-refractivity contribution in [3.8, 4) is 0 Å². The highest BCUT2D eigenvalue weighted by atomic mass is 32.2. The van der Waals surface area contributed by atoms with Gasteiger partial charge in [-0.25, -0.2) is 0 Å². The second-order valence-corrected chi connectivity index (χ2v) is 7.35. The Bertz CT molecular complexity index is 230. The van der Waals surface area contributed by atoms with Crippen molar-refractivity contribution in [2.45, 2.75) is 56.4 Å². The lowest BCUT2D eigenvalue weighted by atomic mass is 9.98. The quantitative estimate of drug-likeness (QED) is 0.814. The Morgan fingerprint density at radius 3 is 2.81 bits per heavy atom. The van der Waals surface area contributed by atoms with E-state index in [4.69, 9.17) is 0 Å². The SMILES string of the molecule is CSC(C)(C)CNC1CCN2CCCCC12. The molecule has 2 unspecified atom stereocenters. The summed E-state index contributed by atoms with van der Waals surface area (Å²) in [5.74, 6) is 0. The number of hydrogen-bond acceptors (Lipinski definition) is 3. The topological polar surface area (TPSA) is 15.3 Å². The van der Waals surface area contributed by atoms with E-state index in [0.29, 0.717) is 4.75 Å². The molecule has 94 valence electrons. The molecular formula is C13H26N2S. The summed E-state index contributed by atoms with van der Waals surface area (Å²) in [4.78, 5) is 2.70. The summed E-state index contributed by atoms with van der Waals surface area (Å²) in [6.45, 7) is 8.47. The van der Waals surface area contributed by atoms with Crippen molar-refractivity contribution in [3.05, 3.63) is 0 Å². The van der Waals surface area contributed by atoms with Gasteiger partial charge in [0.2, 0.25) is 0 Å². The third-order valence-corrected chi connectivity index (χ3v) is 5.45. The van der Waals surface area contributed by atoms with Gasteiger partial charge in [0, 0.05) is 29.9 Å². The molecule has 3 heteroatoms. The van der Waals surface area contributed by atoms with Crippen molar-refractivity contribution >= 4 is 11.8 Å². The molecule has 0 saturated carbocycles. The molecule has 2 saturated heterocycles. The van der Waals surface area contributed by atoms with Gasteiger partial charge in [-0.15, -0.1) is 0 Å². The van der Waals surface area contributed by atoms with E-state index in [1.165, 1.54) is 38.8 Å². The van der Waals surface area contributed by atoms with E-state index in [1.807, 2.05) is 11.8 Å². The maximum absolute atomic E-state index is 3.81. The van der Waals surface area contributed by atoms with Crippen LogP contribution in [0.1, 0.15) is 39.5 Å². The molecule has 2 nitrogen and oxygen atoms in total. The smallest absolute Gasteiger partial charge is 0.0249 e. The van der Waals surface area contributed by atoms with Gasteiger partial charge in [-0.1, -0.05) is 6.42 Å². The molecule has 0 radical (unpaired) electrons. The van der Waals surface area contributed by atoms with Crippen LogP contribution in [0.4, 0.5) is 0 Å². The van der Waals surface area contributed by atoms with Crippen molar-refractivity contribution in [1.29, 1.82) is 0 Å². The highest BCUT2D eigenvalue weighted by Gasteiger charge is 2.35. The van der Waals surface area contributed by atoms with Crippen LogP contribution in [0.2, 0.25) is 0 Å². The van der Waals surface area contributed by atoms with Crippen molar-refractivity contribution < 1.29 is 0 Å². The number of nitrogens with zero attached hydrogens (tertiary/aromatic N) is 1. The average Bonchev–Trinajstić information content (AvgIpc) is 2.70. The predicted octanol–water partition coefficient (Wildman–Crippen LogP) is 2.34. The highest BCUT2D eigenvalue weighted by Crippen LogP contribution is 2.28. The van der Waals surface area contributed by atoms with Gasteiger partial charge >= 0.3 is 0 Å². The zero-order valence-electron chi connectivity index (χ0n) is 11.0. The normalized spacial score (nSPS) is 31.7. The van der Waals surface area contributed by atoms with E-state index in [9.17, 15) is 0 Å². The molecule has 0 aromatic carbocycles. The summed E-state index contributed by atoms with van der Waals surface area (Å²) < 4.78 is 0.377. The van der Waals surface area contributed by atoms with Crippen molar-refractivity contribution in [1.82, 2.24) is 10.2 Å². The average molecular weight is 242 g/mol. The molecule has 2 fully saturated rings. The summed E-state index contributed by atoms with van der Waals surface area (Å²) in [6, 6.07) is 1.60. The number of fused-ring (bicyclic) bond motifs is 1. The van der Waals surface area contributed by atoms with E-state index in [2.05, 4.69) is 30.3 Å². The van der Waals surface area contributed by atoms with Crippen LogP contribution in [0, 0.1) is 0 Å². The molecule has 1 N–H and O–H groups in total. The first-order valence-electron chi connectivity index (χ1n) is 6.65. The highest BCUT2D eigenvalue weighted by molar-refractivity contribution is 7.99. The molecule has 2 rings (SSSR count). The number of hydrogen-bond donors (Lipinski definition) is 1. The Labute approximate surface area is 105 Å². The molecule has 2 aliphatic heterocycles. The summed E-state index contributed by atoms with van der Waals surface area (Å²) in [7, 11) is 0. The van der Waals surface area contributed by atoms with Gasteiger partial charge in [0.1, 0.15) is 0 Å². The number of nitrogens with one attached hydrogen (secondary N) is 1. The second-order valence-electron chi connectivity index (χ2n) is 5.84. The monoisotopic (exact) mass is 242 g/mol. The first-order chi connectivity index (χ1) is 7.62. The Kier molecular flexibility index (Phi) is 4.20. The predicted molar refractivity (Wildman–Crippen MR) is 73.2 cm³/mol. The molecule has 2 aliphatic rings. The Balaban J connectivity index is 1.82. The van der Waals surface area contributed by atoms with Gasteiger partial charge in [0.25, 0.3) is 0 Å². The van der Waals surface area contributed by atoms with Crippen LogP contribution >= 0.6 is 11.8 Å². The first kappa shape index (κ1) is 12.7. The fraction of sp³-hybridized carbons (Fsp3) is 1.00. The van der Waals surface area contributed by atoms with Gasteiger partial charge in [0.15, 0.2) is 0 Å². The molecule has 0 bridgehead atoms. The number of thioether (sulfide) groups is 1. The van der Waals surface area contributed by atoms with Crippen LogP contribution in [-0.2, 0) is 0 Å². The third-order valence-electron chi connectivity index (χ3n) is 4.20. The van der Waals surface area contributed by atoms with Gasteiger partial charge in [-0.05, 0) is 45.9 Å². The van der Waals surface area contributed by atoms with Crippen LogP contribution in [0.15, 0.2) is 0 Å². The molecule has 0 aromatic heterocycles. The summed E-state index contributed by atoms with van der Waals surface area (Å²) >= 11 is 1.96. The molecule has 2 heterocycles. The van der Waals surface area contributed by atoms with E-state index < -0.39 is 0 Å². The maximum atomic E-state index is 3.81. The minimum Gasteiger partial charge on any atom is -0.311 e. The maximum Gasteiger partial charge on any atom is 0.0249 e. The van der Waals surface area contributed by atoms with E-state index in [-0.39, 0.29) is 0 Å². The van der Waals surface area contributed by atoms with Crippen molar-refractivity contribution in [3.63, 3.8) is 0 Å². The molecule has 0 spiro atoms. The summed E-state index contributed by atoms with van der Waals surface area (Å²) in [5, 5.41) is 3.81.